The number of hydrogen-bond acceptors (Lipinski definition) is 4. The van der Waals surface area contributed by atoms with Crippen molar-refractivity contribution in [3.05, 3.63) is 47.8 Å². The van der Waals surface area contributed by atoms with Crippen molar-refractivity contribution < 1.29 is 13.2 Å². The summed E-state index contributed by atoms with van der Waals surface area (Å²) in [7, 11) is -1.69. The molecule has 2 aromatic rings. The quantitative estimate of drug-likeness (QED) is 0.680. The highest BCUT2D eigenvalue weighted by Crippen LogP contribution is 2.26. The van der Waals surface area contributed by atoms with Crippen molar-refractivity contribution in [1.29, 1.82) is 0 Å². The van der Waals surface area contributed by atoms with Gasteiger partial charge in [-0.3, -0.25) is 14.4 Å². The van der Waals surface area contributed by atoms with Gasteiger partial charge >= 0.3 is 0 Å². The van der Waals surface area contributed by atoms with Crippen LogP contribution in [0.1, 0.15) is 61.0 Å². The van der Waals surface area contributed by atoms with E-state index < -0.39 is 10.0 Å². The fraction of sp³-hybridized carbons (Fsp3) is 0.522. The van der Waals surface area contributed by atoms with Crippen molar-refractivity contribution in [2.45, 2.75) is 62.4 Å². The minimum Gasteiger partial charge on any atom is -0.356 e. The van der Waals surface area contributed by atoms with Crippen LogP contribution in [-0.2, 0) is 16.6 Å². The van der Waals surface area contributed by atoms with E-state index in [0.717, 1.165) is 31.5 Å². The van der Waals surface area contributed by atoms with Gasteiger partial charge in [0.15, 0.2) is 0 Å². The number of carbonyl (C=O) groups is 1. The Morgan fingerprint density at radius 1 is 1.13 bits per heavy atom. The van der Waals surface area contributed by atoms with Gasteiger partial charge in [-0.25, -0.2) is 8.42 Å². The molecule has 168 valence electrons. The van der Waals surface area contributed by atoms with Crippen molar-refractivity contribution in [1.82, 2.24) is 14.8 Å². The average Bonchev–Trinajstić information content (AvgIpc) is 3.48. The number of aromatic amines is 1. The summed E-state index contributed by atoms with van der Waals surface area (Å²) in [6, 6.07) is 9.51. The maximum absolute atomic E-state index is 13.0. The van der Waals surface area contributed by atoms with Gasteiger partial charge in [-0.2, -0.15) is 0 Å². The number of hydrogen-bond donors (Lipinski definition) is 2. The third-order valence-corrected chi connectivity index (χ3v) is 7.81. The summed E-state index contributed by atoms with van der Waals surface area (Å²) in [6.45, 7) is 2.13. The Hall–Kier alpha value is -2.32. The van der Waals surface area contributed by atoms with Crippen molar-refractivity contribution in [3.63, 3.8) is 0 Å². The summed E-state index contributed by atoms with van der Waals surface area (Å²) in [5.41, 5.74) is 1.84. The highest BCUT2D eigenvalue weighted by Gasteiger charge is 2.25. The third-order valence-electron chi connectivity index (χ3n) is 6.47. The molecule has 2 N–H and O–H groups in total. The second kappa shape index (κ2) is 9.44. The fourth-order valence-electron chi connectivity index (χ4n) is 4.62. The van der Waals surface area contributed by atoms with Gasteiger partial charge in [-0.15, -0.1) is 0 Å². The molecule has 1 aliphatic heterocycles. The number of para-hydroxylation sites is 1. The van der Waals surface area contributed by atoms with Gasteiger partial charge in [0.2, 0.25) is 0 Å². The first-order chi connectivity index (χ1) is 14.9. The summed E-state index contributed by atoms with van der Waals surface area (Å²) < 4.78 is 28.8. The number of H-pyrrole nitrogens is 1. The topological polar surface area (TPSA) is 85.5 Å². The number of nitrogens with zero attached hydrogens (tertiary/aromatic N) is 2. The van der Waals surface area contributed by atoms with Gasteiger partial charge in [-0.1, -0.05) is 37.5 Å². The van der Waals surface area contributed by atoms with Crippen LogP contribution in [0.15, 0.2) is 41.4 Å². The minimum atomic E-state index is -3.80. The number of anilines is 1. The molecular formula is C23H32N4O3S. The lowest BCUT2D eigenvalue weighted by Crippen LogP contribution is -2.33. The maximum Gasteiger partial charge on any atom is 0.270 e. The Kier molecular flexibility index (Phi) is 6.67. The van der Waals surface area contributed by atoms with Crippen LogP contribution in [0.3, 0.4) is 0 Å². The number of likely N-dealkylation sites (tertiary alicyclic amines) is 1. The van der Waals surface area contributed by atoms with Crippen LogP contribution in [0.4, 0.5) is 5.69 Å². The molecule has 0 bridgehead atoms. The molecule has 1 saturated heterocycles. The molecule has 7 nitrogen and oxygen atoms in total. The van der Waals surface area contributed by atoms with E-state index in [4.69, 9.17) is 0 Å². The van der Waals surface area contributed by atoms with E-state index in [1.54, 1.807) is 11.0 Å². The Balaban J connectivity index is 1.48. The smallest absolute Gasteiger partial charge is 0.270 e. The molecule has 8 heteroatoms. The first-order valence-electron chi connectivity index (χ1n) is 11.2. The van der Waals surface area contributed by atoms with Gasteiger partial charge in [0, 0.05) is 31.9 Å². The predicted molar refractivity (Wildman–Crippen MR) is 122 cm³/mol. The van der Waals surface area contributed by atoms with E-state index in [-0.39, 0.29) is 10.8 Å². The molecule has 1 saturated carbocycles. The van der Waals surface area contributed by atoms with Gasteiger partial charge in [0.1, 0.15) is 10.6 Å². The fourth-order valence-corrected chi connectivity index (χ4v) is 5.72. The lowest BCUT2D eigenvalue weighted by atomic mass is 9.94. The molecule has 0 atom stereocenters. The summed E-state index contributed by atoms with van der Waals surface area (Å²) in [5, 5.41) is 0. The largest absolute Gasteiger partial charge is 0.356 e. The first-order valence-corrected chi connectivity index (χ1v) is 12.7. The molecule has 1 aromatic carbocycles. The molecule has 31 heavy (non-hydrogen) atoms. The van der Waals surface area contributed by atoms with Crippen LogP contribution in [0, 0.1) is 0 Å². The average molecular weight is 445 g/mol. The van der Waals surface area contributed by atoms with E-state index in [0.29, 0.717) is 24.0 Å². The zero-order valence-electron chi connectivity index (χ0n) is 18.1. The van der Waals surface area contributed by atoms with Crippen molar-refractivity contribution >= 4 is 21.6 Å². The molecule has 1 aromatic heterocycles. The molecule has 0 radical (unpaired) electrons. The lowest BCUT2D eigenvalue weighted by molar-refractivity contribution is 0.0787. The van der Waals surface area contributed by atoms with E-state index >= 15 is 0 Å². The van der Waals surface area contributed by atoms with Crippen molar-refractivity contribution in [2.75, 3.05) is 24.9 Å². The Morgan fingerprint density at radius 2 is 1.84 bits per heavy atom. The van der Waals surface area contributed by atoms with Gasteiger partial charge in [0.25, 0.3) is 15.9 Å². The zero-order chi connectivity index (χ0) is 21.8. The third kappa shape index (κ3) is 5.13. The predicted octanol–water partition coefficient (Wildman–Crippen LogP) is 3.82. The highest BCUT2D eigenvalue weighted by atomic mass is 32.2. The standard InChI is InChI=1S/C23H32N4O3S/c1-26(19-10-3-2-4-11-19)17-18-9-5-6-12-21(18)25-31(29,30)20-15-22(24-16-20)23(28)27-13-7-8-14-27/h5-6,9,12,15-16,19,24-25H,2-4,7-8,10-11,13-14,17H2,1H3. The van der Waals surface area contributed by atoms with Gasteiger partial charge < -0.3 is 9.88 Å². The molecule has 2 aliphatic rings. The van der Waals surface area contributed by atoms with Crippen LogP contribution in [0.25, 0.3) is 0 Å². The molecule has 1 amide bonds. The molecule has 1 aliphatic carbocycles. The van der Waals surface area contributed by atoms with E-state index in [2.05, 4.69) is 21.7 Å². The molecular weight excluding hydrogens is 412 g/mol. The Labute approximate surface area is 184 Å². The van der Waals surface area contributed by atoms with Crippen molar-refractivity contribution in [2.24, 2.45) is 0 Å². The maximum atomic E-state index is 13.0. The van der Waals surface area contributed by atoms with E-state index in [1.165, 1.54) is 44.4 Å². The summed E-state index contributed by atoms with van der Waals surface area (Å²) in [5.74, 6) is -0.145. The summed E-state index contributed by atoms with van der Waals surface area (Å²) in [4.78, 5) is 19.6. The van der Waals surface area contributed by atoms with Crippen molar-refractivity contribution in [3.8, 4) is 0 Å². The van der Waals surface area contributed by atoms with E-state index in [9.17, 15) is 13.2 Å². The number of benzene rings is 1. The number of carbonyl (C=O) groups excluding carboxylic acids is 1. The van der Waals surface area contributed by atoms with Gasteiger partial charge in [-0.05, 0) is 50.4 Å². The normalized spacial score (nSPS) is 17.9. The number of aromatic nitrogens is 1. The molecule has 0 unspecified atom stereocenters. The number of rotatable bonds is 7. The SMILES string of the molecule is CN(Cc1ccccc1NS(=O)(=O)c1c[nH]c(C(=O)N2CCCC2)c1)C1CCCCC1. The second-order valence-corrected chi connectivity index (χ2v) is 10.4. The first kappa shape index (κ1) is 21.9. The Morgan fingerprint density at radius 3 is 2.58 bits per heavy atom. The Bertz CT molecular complexity index is 1010. The monoisotopic (exact) mass is 444 g/mol. The van der Waals surface area contributed by atoms with Crippen LogP contribution >= 0.6 is 0 Å². The second-order valence-electron chi connectivity index (χ2n) is 8.72. The lowest BCUT2D eigenvalue weighted by Gasteiger charge is -2.31. The molecule has 2 fully saturated rings. The zero-order valence-corrected chi connectivity index (χ0v) is 19.0. The van der Waals surface area contributed by atoms with Crippen LogP contribution in [0.2, 0.25) is 0 Å². The van der Waals surface area contributed by atoms with Crippen LogP contribution in [0.5, 0.6) is 0 Å². The minimum absolute atomic E-state index is 0.0745. The summed E-state index contributed by atoms with van der Waals surface area (Å²) in [6.07, 6.45) is 9.59. The molecule has 0 spiro atoms. The molecule has 2 heterocycles. The van der Waals surface area contributed by atoms with Crippen LogP contribution in [-0.4, -0.2) is 55.3 Å². The number of amides is 1. The molecule has 4 rings (SSSR count). The van der Waals surface area contributed by atoms with E-state index in [1.807, 2.05) is 18.2 Å². The highest BCUT2D eigenvalue weighted by molar-refractivity contribution is 7.92. The summed E-state index contributed by atoms with van der Waals surface area (Å²) >= 11 is 0. The number of nitrogens with one attached hydrogen (secondary N) is 2. The van der Waals surface area contributed by atoms with Gasteiger partial charge in [0.05, 0.1) is 5.69 Å². The number of sulfonamides is 1. The van der Waals surface area contributed by atoms with Crippen LogP contribution < -0.4 is 4.72 Å².